The third-order valence-electron chi connectivity index (χ3n) is 2.00. The van der Waals surface area contributed by atoms with Crippen LogP contribution >= 0.6 is 11.9 Å². The van der Waals surface area contributed by atoms with Crippen LogP contribution in [0.1, 0.15) is 46.5 Å². The molecular weight excluding hydrogens is 210 g/mol. The normalized spacial score (nSPS) is 10.1. The summed E-state index contributed by atoms with van der Waals surface area (Å²) in [6, 6.07) is 0. The molecule has 0 N–H and O–H groups in total. The van der Waals surface area contributed by atoms with E-state index in [0.717, 1.165) is 5.75 Å². The van der Waals surface area contributed by atoms with Crippen LogP contribution in [0.5, 0.6) is 0 Å². The maximum absolute atomic E-state index is 11.4. The minimum atomic E-state index is -0.208. The van der Waals surface area contributed by atoms with Gasteiger partial charge in [0.15, 0.2) is 0 Å². The van der Waals surface area contributed by atoms with Crippen LogP contribution in [-0.4, -0.2) is 29.3 Å². The smallest absolute Gasteiger partial charge is 0.419 e. The molecule has 0 aromatic heterocycles. The fourth-order valence-corrected chi connectivity index (χ4v) is 2.07. The van der Waals surface area contributed by atoms with Gasteiger partial charge in [-0.1, -0.05) is 26.2 Å². The maximum Gasteiger partial charge on any atom is 0.419 e. The van der Waals surface area contributed by atoms with E-state index in [-0.39, 0.29) is 6.09 Å². The van der Waals surface area contributed by atoms with E-state index in [1.54, 1.807) is 16.3 Å². The first-order valence-corrected chi connectivity index (χ1v) is 6.77. The molecule has 4 heteroatoms. The van der Waals surface area contributed by atoms with Crippen molar-refractivity contribution in [3.8, 4) is 0 Å². The summed E-state index contributed by atoms with van der Waals surface area (Å²) in [6.45, 7) is 7.15. The molecule has 0 fully saturated rings. The molecule has 90 valence electrons. The van der Waals surface area contributed by atoms with Crippen molar-refractivity contribution in [2.24, 2.45) is 0 Å². The lowest BCUT2D eigenvalue weighted by Crippen LogP contribution is -2.25. The lowest BCUT2D eigenvalue weighted by atomic mass is 10.2. The number of carbonyl (C=O) groups excluding carboxylic acids is 1. The fourth-order valence-electron chi connectivity index (χ4n) is 1.17. The van der Waals surface area contributed by atoms with Gasteiger partial charge in [0.2, 0.25) is 0 Å². The molecule has 0 aliphatic rings. The van der Waals surface area contributed by atoms with Gasteiger partial charge in [-0.25, -0.2) is 4.79 Å². The minimum Gasteiger partial charge on any atom is -0.449 e. The maximum atomic E-state index is 11.4. The lowest BCUT2D eigenvalue weighted by molar-refractivity contribution is 0.135. The highest BCUT2D eigenvalue weighted by Crippen LogP contribution is 2.14. The van der Waals surface area contributed by atoms with Crippen LogP contribution in [0.3, 0.4) is 0 Å². The molecule has 0 heterocycles. The second kappa shape index (κ2) is 10.1. The standard InChI is InChI=1S/C11H23NO2S/c1-4-7-8-9-10-15-12(5-2)11(13)14-6-3/h4-10H2,1-3H3. The van der Waals surface area contributed by atoms with Crippen molar-refractivity contribution in [2.45, 2.75) is 46.5 Å². The molecule has 15 heavy (non-hydrogen) atoms. The average Bonchev–Trinajstić information content (AvgIpc) is 2.23. The van der Waals surface area contributed by atoms with Gasteiger partial charge in [0.1, 0.15) is 0 Å². The predicted molar refractivity (Wildman–Crippen MR) is 66.0 cm³/mol. The van der Waals surface area contributed by atoms with Crippen molar-refractivity contribution >= 4 is 18.0 Å². The van der Waals surface area contributed by atoms with Gasteiger partial charge in [-0.15, -0.1) is 0 Å². The third-order valence-corrected chi connectivity index (χ3v) is 3.19. The highest BCUT2D eigenvalue weighted by molar-refractivity contribution is 7.97. The van der Waals surface area contributed by atoms with Crippen molar-refractivity contribution in [1.82, 2.24) is 4.31 Å². The quantitative estimate of drug-likeness (QED) is 0.473. The highest BCUT2D eigenvalue weighted by atomic mass is 32.2. The lowest BCUT2D eigenvalue weighted by Gasteiger charge is -2.18. The number of hydrogen-bond acceptors (Lipinski definition) is 3. The van der Waals surface area contributed by atoms with Crippen molar-refractivity contribution in [2.75, 3.05) is 18.9 Å². The molecular formula is C11H23NO2S. The van der Waals surface area contributed by atoms with Crippen LogP contribution in [0.15, 0.2) is 0 Å². The summed E-state index contributed by atoms with van der Waals surface area (Å²) in [5.74, 6) is 1.01. The number of nitrogens with zero attached hydrogens (tertiary/aromatic N) is 1. The Morgan fingerprint density at radius 3 is 2.47 bits per heavy atom. The van der Waals surface area contributed by atoms with Crippen molar-refractivity contribution in [1.29, 1.82) is 0 Å². The van der Waals surface area contributed by atoms with Gasteiger partial charge in [-0.2, -0.15) is 0 Å². The first-order chi connectivity index (χ1) is 7.26. The van der Waals surface area contributed by atoms with Gasteiger partial charge < -0.3 is 4.74 Å². The Morgan fingerprint density at radius 1 is 1.20 bits per heavy atom. The Hall–Kier alpha value is -0.380. The Balaban J connectivity index is 3.56. The fraction of sp³-hybridized carbons (Fsp3) is 0.909. The Kier molecular flexibility index (Phi) is 9.89. The van der Waals surface area contributed by atoms with Crippen LogP contribution in [0.2, 0.25) is 0 Å². The van der Waals surface area contributed by atoms with Gasteiger partial charge in [0, 0.05) is 12.3 Å². The van der Waals surface area contributed by atoms with Gasteiger partial charge in [-0.05, 0) is 32.2 Å². The molecule has 0 spiro atoms. The first kappa shape index (κ1) is 14.6. The zero-order chi connectivity index (χ0) is 11.5. The van der Waals surface area contributed by atoms with Crippen LogP contribution in [-0.2, 0) is 4.74 Å². The highest BCUT2D eigenvalue weighted by Gasteiger charge is 2.12. The number of amides is 1. The summed E-state index contributed by atoms with van der Waals surface area (Å²) in [7, 11) is 0. The van der Waals surface area contributed by atoms with Crippen LogP contribution < -0.4 is 0 Å². The molecule has 0 aromatic carbocycles. The molecule has 0 saturated heterocycles. The van der Waals surface area contributed by atoms with Gasteiger partial charge >= 0.3 is 6.09 Å². The number of hydrogen-bond donors (Lipinski definition) is 0. The van der Waals surface area contributed by atoms with Gasteiger partial charge in [0.25, 0.3) is 0 Å². The molecule has 0 atom stereocenters. The molecule has 0 aromatic rings. The minimum absolute atomic E-state index is 0.208. The first-order valence-electron chi connectivity index (χ1n) is 5.83. The molecule has 0 aliphatic carbocycles. The van der Waals surface area contributed by atoms with Crippen molar-refractivity contribution in [3.05, 3.63) is 0 Å². The van der Waals surface area contributed by atoms with E-state index in [2.05, 4.69) is 6.92 Å². The van der Waals surface area contributed by atoms with E-state index in [4.69, 9.17) is 4.74 Å². The molecule has 0 bridgehead atoms. The number of rotatable bonds is 8. The van der Waals surface area contributed by atoms with E-state index >= 15 is 0 Å². The topological polar surface area (TPSA) is 29.5 Å². The van der Waals surface area contributed by atoms with E-state index in [9.17, 15) is 4.79 Å². The third kappa shape index (κ3) is 7.54. The largest absolute Gasteiger partial charge is 0.449 e. The van der Waals surface area contributed by atoms with Gasteiger partial charge in [-0.3, -0.25) is 4.31 Å². The van der Waals surface area contributed by atoms with Crippen LogP contribution in [0.4, 0.5) is 4.79 Å². The number of unbranched alkanes of at least 4 members (excludes halogenated alkanes) is 3. The SMILES string of the molecule is CCCCCCSN(CC)C(=O)OCC. The second-order valence-electron chi connectivity index (χ2n) is 3.29. The van der Waals surface area contributed by atoms with Crippen LogP contribution in [0, 0.1) is 0 Å². The Morgan fingerprint density at radius 2 is 1.93 bits per heavy atom. The molecule has 1 amide bonds. The van der Waals surface area contributed by atoms with E-state index in [1.165, 1.54) is 25.7 Å². The van der Waals surface area contributed by atoms with E-state index in [1.807, 2.05) is 13.8 Å². The average molecular weight is 233 g/mol. The molecule has 0 aliphatic heterocycles. The summed E-state index contributed by atoms with van der Waals surface area (Å²) in [5.41, 5.74) is 0. The van der Waals surface area contributed by atoms with Crippen molar-refractivity contribution < 1.29 is 9.53 Å². The summed E-state index contributed by atoms with van der Waals surface area (Å²) in [4.78, 5) is 11.4. The number of carbonyl (C=O) groups is 1. The molecule has 0 radical (unpaired) electrons. The number of ether oxygens (including phenoxy) is 1. The summed E-state index contributed by atoms with van der Waals surface area (Å²) >= 11 is 1.58. The van der Waals surface area contributed by atoms with Crippen molar-refractivity contribution in [3.63, 3.8) is 0 Å². The zero-order valence-corrected chi connectivity index (χ0v) is 10.9. The predicted octanol–water partition coefficient (Wildman–Crippen LogP) is 3.69. The van der Waals surface area contributed by atoms with E-state index < -0.39 is 0 Å². The van der Waals surface area contributed by atoms with Gasteiger partial charge in [0.05, 0.1) is 6.61 Å². The molecule has 0 rings (SSSR count). The monoisotopic (exact) mass is 233 g/mol. The summed E-state index contributed by atoms with van der Waals surface area (Å²) < 4.78 is 6.63. The molecule has 0 unspecified atom stereocenters. The Labute approximate surface area is 97.7 Å². The second-order valence-corrected chi connectivity index (χ2v) is 4.39. The Bertz CT molecular complexity index is 165. The summed E-state index contributed by atoms with van der Waals surface area (Å²) in [5, 5.41) is 0. The molecule has 0 saturated carbocycles. The summed E-state index contributed by atoms with van der Waals surface area (Å²) in [6.07, 6.45) is 4.75. The van der Waals surface area contributed by atoms with E-state index in [0.29, 0.717) is 13.2 Å². The molecule has 3 nitrogen and oxygen atoms in total. The zero-order valence-electron chi connectivity index (χ0n) is 10.1. The van der Waals surface area contributed by atoms with Crippen LogP contribution in [0.25, 0.3) is 0 Å².